The van der Waals surface area contributed by atoms with Crippen LogP contribution >= 0.6 is 23.8 Å². The fourth-order valence-corrected chi connectivity index (χ4v) is 5.29. The molecule has 2 bridgehead atoms. The zero-order valence-corrected chi connectivity index (χ0v) is 19.9. The third kappa shape index (κ3) is 3.73. The van der Waals surface area contributed by atoms with E-state index >= 15 is 0 Å². The SMILES string of the molecule is CCc1ccc(N2C(=S)N[C@@H]3c4ccccc4O[C@@]2(C)[C@@H]3C(=O)Nc2ccc(Cl)cc2)cc1. The van der Waals surface area contributed by atoms with Crippen molar-refractivity contribution in [2.45, 2.75) is 32.0 Å². The lowest BCUT2D eigenvalue weighted by Crippen LogP contribution is -2.72. The molecule has 33 heavy (non-hydrogen) atoms. The molecule has 7 heteroatoms. The number of hydrogen-bond donors (Lipinski definition) is 2. The molecule has 1 amide bonds. The summed E-state index contributed by atoms with van der Waals surface area (Å²) in [5.74, 6) is -0.00384. The average molecular weight is 478 g/mol. The molecular formula is C26H24ClN3O2S. The number of fused-ring (bicyclic) bond motifs is 4. The van der Waals surface area contributed by atoms with E-state index in [1.54, 1.807) is 24.3 Å². The van der Waals surface area contributed by atoms with Crippen LogP contribution in [-0.4, -0.2) is 16.7 Å². The molecule has 0 saturated carbocycles. The molecule has 0 radical (unpaired) electrons. The van der Waals surface area contributed by atoms with Gasteiger partial charge in [0.25, 0.3) is 0 Å². The van der Waals surface area contributed by atoms with Crippen LogP contribution in [0.5, 0.6) is 5.75 Å². The minimum atomic E-state index is -1.04. The average Bonchev–Trinajstić information content (AvgIpc) is 2.80. The Kier molecular flexibility index (Phi) is 5.51. The molecule has 5 rings (SSSR count). The van der Waals surface area contributed by atoms with Gasteiger partial charge in [-0.2, -0.15) is 0 Å². The van der Waals surface area contributed by atoms with E-state index in [1.807, 2.05) is 48.2 Å². The van der Waals surface area contributed by atoms with E-state index in [0.29, 0.717) is 15.8 Å². The van der Waals surface area contributed by atoms with Gasteiger partial charge in [0.1, 0.15) is 11.7 Å². The van der Waals surface area contributed by atoms with E-state index in [9.17, 15) is 4.79 Å². The molecule has 1 saturated heterocycles. The van der Waals surface area contributed by atoms with Crippen LogP contribution in [-0.2, 0) is 11.2 Å². The van der Waals surface area contributed by atoms with Crippen molar-refractivity contribution in [1.29, 1.82) is 0 Å². The number of ether oxygens (including phenoxy) is 1. The van der Waals surface area contributed by atoms with Gasteiger partial charge in [-0.05, 0) is 73.6 Å². The number of hydrogen-bond acceptors (Lipinski definition) is 3. The molecule has 0 spiro atoms. The maximum Gasteiger partial charge on any atom is 0.236 e. The van der Waals surface area contributed by atoms with E-state index in [4.69, 9.17) is 28.6 Å². The third-order valence-electron chi connectivity index (χ3n) is 6.40. The van der Waals surface area contributed by atoms with Crippen molar-refractivity contribution in [3.05, 3.63) is 88.9 Å². The van der Waals surface area contributed by atoms with Gasteiger partial charge in [0.05, 0.1) is 6.04 Å². The number of benzene rings is 3. The fourth-order valence-electron chi connectivity index (χ4n) is 4.75. The highest BCUT2D eigenvalue weighted by Gasteiger charge is 2.59. The minimum Gasteiger partial charge on any atom is -0.467 e. The predicted molar refractivity (Wildman–Crippen MR) is 136 cm³/mol. The van der Waals surface area contributed by atoms with Crippen LogP contribution in [0.4, 0.5) is 11.4 Å². The summed E-state index contributed by atoms with van der Waals surface area (Å²) in [7, 11) is 0. The van der Waals surface area contributed by atoms with Gasteiger partial charge in [-0.25, -0.2) is 0 Å². The fraction of sp³-hybridized carbons (Fsp3) is 0.231. The number of amides is 1. The van der Waals surface area contributed by atoms with Crippen LogP contribution in [0.25, 0.3) is 0 Å². The van der Waals surface area contributed by atoms with Crippen molar-refractivity contribution in [2.75, 3.05) is 10.2 Å². The molecule has 5 nitrogen and oxygen atoms in total. The molecule has 2 aliphatic heterocycles. The van der Waals surface area contributed by atoms with Crippen molar-refractivity contribution >= 4 is 46.2 Å². The predicted octanol–water partition coefficient (Wildman–Crippen LogP) is 5.70. The molecule has 3 atom stereocenters. The lowest BCUT2D eigenvalue weighted by atomic mass is 9.78. The summed E-state index contributed by atoms with van der Waals surface area (Å²) in [6, 6.07) is 22.7. The number of thiocarbonyl (C=S) groups is 1. The third-order valence-corrected chi connectivity index (χ3v) is 6.96. The quantitative estimate of drug-likeness (QED) is 0.472. The first-order valence-corrected chi connectivity index (χ1v) is 11.7. The van der Waals surface area contributed by atoms with Crippen molar-refractivity contribution in [3.8, 4) is 5.75 Å². The first kappa shape index (κ1) is 21.7. The smallest absolute Gasteiger partial charge is 0.236 e. The number of anilines is 2. The monoisotopic (exact) mass is 477 g/mol. The normalized spacial score (nSPS) is 23.2. The van der Waals surface area contributed by atoms with E-state index in [2.05, 4.69) is 29.7 Å². The Morgan fingerprint density at radius 3 is 2.52 bits per heavy atom. The van der Waals surface area contributed by atoms with E-state index in [-0.39, 0.29) is 11.9 Å². The summed E-state index contributed by atoms with van der Waals surface area (Å²) in [6.07, 6.45) is 0.943. The highest BCUT2D eigenvalue weighted by molar-refractivity contribution is 7.80. The standard InChI is InChI=1S/C26H24ClN3O2S/c1-3-16-8-14-19(15-9-16)30-25(33)29-23-20-6-4-5-7-21(20)32-26(30,2)22(23)24(31)28-18-12-10-17(27)11-13-18/h4-15,22-23H,3H2,1-2H3,(H,28,31)(H,29,33)/t22-,23+,26-/m0/s1. The summed E-state index contributed by atoms with van der Waals surface area (Å²) >= 11 is 11.8. The Hall–Kier alpha value is -3.09. The second-order valence-corrected chi connectivity index (χ2v) is 9.27. The van der Waals surface area contributed by atoms with Crippen LogP contribution in [0, 0.1) is 5.92 Å². The Balaban J connectivity index is 1.59. The Labute approximate surface area is 203 Å². The largest absolute Gasteiger partial charge is 0.467 e. The molecule has 0 unspecified atom stereocenters. The molecule has 1 fully saturated rings. The van der Waals surface area contributed by atoms with E-state index in [0.717, 1.165) is 23.4 Å². The topological polar surface area (TPSA) is 53.6 Å². The lowest BCUT2D eigenvalue weighted by molar-refractivity contribution is -0.130. The number of nitrogens with one attached hydrogen (secondary N) is 2. The first-order chi connectivity index (χ1) is 15.9. The molecule has 3 aromatic rings. The van der Waals surface area contributed by atoms with Gasteiger partial charge in [0.15, 0.2) is 10.8 Å². The van der Waals surface area contributed by atoms with Gasteiger partial charge >= 0.3 is 0 Å². The van der Waals surface area contributed by atoms with Crippen molar-refractivity contribution in [3.63, 3.8) is 0 Å². The van der Waals surface area contributed by atoms with Crippen LogP contribution in [0.3, 0.4) is 0 Å². The van der Waals surface area contributed by atoms with Gasteiger partial charge in [0, 0.05) is 22.0 Å². The molecule has 2 aliphatic rings. The number of halogens is 1. The number of rotatable bonds is 4. The number of aryl methyl sites for hydroxylation is 1. The van der Waals surface area contributed by atoms with Crippen LogP contribution < -0.4 is 20.3 Å². The molecule has 2 N–H and O–H groups in total. The van der Waals surface area contributed by atoms with Crippen molar-refractivity contribution in [1.82, 2.24) is 5.32 Å². The van der Waals surface area contributed by atoms with Gasteiger partial charge in [0.2, 0.25) is 5.91 Å². The van der Waals surface area contributed by atoms with E-state index in [1.165, 1.54) is 5.56 Å². The van der Waals surface area contributed by atoms with Crippen LogP contribution in [0.15, 0.2) is 72.8 Å². The first-order valence-electron chi connectivity index (χ1n) is 10.9. The lowest BCUT2D eigenvalue weighted by Gasteiger charge is -2.56. The number of carbonyl (C=O) groups is 1. The van der Waals surface area contributed by atoms with Crippen LogP contribution in [0.2, 0.25) is 5.02 Å². The Morgan fingerprint density at radius 2 is 1.82 bits per heavy atom. The zero-order chi connectivity index (χ0) is 23.2. The summed E-state index contributed by atoms with van der Waals surface area (Å²) in [4.78, 5) is 15.6. The number of nitrogens with zero attached hydrogens (tertiary/aromatic N) is 1. The zero-order valence-electron chi connectivity index (χ0n) is 18.3. The molecule has 0 aromatic heterocycles. The Morgan fingerprint density at radius 1 is 1.12 bits per heavy atom. The van der Waals surface area contributed by atoms with Gasteiger partial charge in [-0.3, -0.25) is 9.69 Å². The number of carbonyl (C=O) groups excluding carboxylic acids is 1. The minimum absolute atomic E-state index is 0.162. The maximum absolute atomic E-state index is 13.7. The van der Waals surface area contributed by atoms with Gasteiger partial charge < -0.3 is 15.4 Å². The summed E-state index contributed by atoms with van der Waals surface area (Å²) in [5, 5.41) is 7.61. The second kappa shape index (κ2) is 8.36. The van der Waals surface area contributed by atoms with Crippen molar-refractivity contribution < 1.29 is 9.53 Å². The Bertz CT molecular complexity index is 1210. The molecular weight excluding hydrogens is 454 g/mol. The number of para-hydroxylation sites is 1. The summed E-state index contributed by atoms with van der Waals surface area (Å²) in [6.45, 7) is 4.05. The highest BCUT2D eigenvalue weighted by atomic mass is 35.5. The molecule has 0 aliphatic carbocycles. The van der Waals surface area contributed by atoms with Crippen molar-refractivity contribution in [2.24, 2.45) is 5.92 Å². The highest BCUT2D eigenvalue weighted by Crippen LogP contribution is 2.49. The van der Waals surface area contributed by atoms with Gasteiger partial charge in [-0.1, -0.05) is 48.9 Å². The van der Waals surface area contributed by atoms with E-state index < -0.39 is 11.6 Å². The molecule has 3 aromatic carbocycles. The van der Waals surface area contributed by atoms with Crippen LogP contribution in [0.1, 0.15) is 31.0 Å². The van der Waals surface area contributed by atoms with Gasteiger partial charge in [-0.15, -0.1) is 0 Å². The summed E-state index contributed by atoms with van der Waals surface area (Å²) < 4.78 is 6.59. The molecule has 2 heterocycles. The molecule has 168 valence electrons. The maximum atomic E-state index is 13.7. The summed E-state index contributed by atoms with van der Waals surface area (Å²) in [5.41, 5.74) is 2.64. The second-order valence-electron chi connectivity index (χ2n) is 8.45.